The van der Waals surface area contributed by atoms with Crippen molar-refractivity contribution >= 4 is 12.6 Å². The zero-order valence-electron chi connectivity index (χ0n) is 15.2. The zero-order valence-corrected chi connectivity index (χ0v) is 15.2. The van der Waals surface area contributed by atoms with Gasteiger partial charge in [-0.05, 0) is 61.4 Å². The van der Waals surface area contributed by atoms with Crippen LogP contribution in [0.25, 0.3) is 0 Å². The maximum atomic E-state index is 10.8. The Morgan fingerprint density at radius 3 is 1.92 bits per heavy atom. The number of carbonyl (C=O) groups is 2. The minimum absolute atomic E-state index is 0.0697. The van der Waals surface area contributed by atoms with Crippen LogP contribution in [-0.2, 0) is 0 Å². The average Bonchev–Trinajstić information content (AvgIpc) is 2.70. The molecular formula is C22H26O4. The first kappa shape index (κ1) is 19.7. The molecule has 0 bridgehead atoms. The Labute approximate surface area is 155 Å². The molecule has 26 heavy (non-hydrogen) atoms. The molecule has 0 saturated heterocycles. The maximum absolute atomic E-state index is 10.8. The van der Waals surface area contributed by atoms with Gasteiger partial charge in [0.2, 0.25) is 0 Å². The van der Waals surface area contributed by atoms with Crippen molar-refractivity contribution in [2.45, 2.75) is 45.1 Å². The van der Waals surface area contributed by atoms with Crippen LogP contribution >= 0.6 is 0 Å². The van der Waals surface area contributed by atoms with E-state index >= 15 is 0 Å². The molecule has 4 nitrogen and oxygen atoms in total. The van der Waals surface area contributed by atoms with Crippen molar-refractivity contribution in [2.24, 2.45) is 0 Å². The first-order valence-corrected chi connectivity index (χ1v) is 9.15. The Hall–Kier alpha value is -2.62. The van der Waals surface area contributed by atoms with Gasteiger partial charge < -0.3 is 9.47 Å². The largest absolute Gasteiger partial charge is 0.490 e. The van der Waals surface area contributed by atoms with Gasteiger partial charge in [-0.1, -0.05) is 26.2 Å². The van der Waals surface area contributed by atoms with E-state index in [1.807, 2.05) is 12.1 Å². The van der Waals surface area contributed by atoms with E-state index < -0.39 is 0 Å². The number of ether oxygens (including phenoxy) is 2. The highest BCUT2D eigenvalue weighted by molar-refractivity contribution is 5.75. The number of hydrogen-bond acceptors (Lipinski definition) is 4. The quantitative estimate of drug-likeness (QED) is 0.393. The monoisotopic (exact) mass is 354 g/mol. The molecule has 0 fully saturated rings. The zero-order chi connectivity index (χ0) is 18.6. The van der Waals surface area contributed by atoms with Crippen molar-refractivity contribution in [3.05, 3.63) is 59.7 Å². The summed E-state index contributed by atoms with van der Waals surface area (Å²) in [5.41, 5.74) is 1.25. The van der Waals surface area contributed by atoms with Crippen LogP contribution in [0.3, 0.4) is 0 Å². The first-order chi connectivity index (χ1) is 12.7. The number of rotatable bonds is 12. The molecule has 138 valence electrons. The normalized spacial score (nSPS) is 11.6. The van der Waals surface area contributed by atoms with Gasteiger partial charge in [0, 0.05) is 11.1 Å². The molecule has 2 aromatic rings. The van der Waals surface area contributed by atoms with Crippen molar-refractivity contribution in [1.29, 1.82) is 0 Å². The van der Waals surface area contributed by atoms with Crippen LogP contribution in [0.2, 0.25) is 0 Å². The molecular weight excluding hydrogens is 328 g/mol. The van der Waals surface area contributed by atoms with Crippen LogP contribution in [0.1, 0.15) is 59.7 Å². The summed E-state index contributed by atoms with van der Waals surface area (Å²) in [6, 6.07) is 14.1. The number of hydrogen-bond donors (Lipinski definition) is 0. The first-order valence-electron chi connectivity index (χ1n) is 9.15. The minimum Gasteiger partial charge on any atom is -0.490 e. The Kier molecular flexibility index (Phi) is 8.40. The van der Waals surface area contributed by atoms with Crippen LogP contribution in [0.5, 0.6) is 11.5 Å². The third kappa shape index (κ3) is 6.71. The molecule has 4 heteroatoms. The van der Waals surface area contributed by atoms with Crippen molar-refractivity contribution in [3.63, 3.8) is 0 Å². The Balaban J connectivity index is 1.94. The highest BCUT2D eigenvalue weighted by Crippen LogP contribution is 2.18. The molecule has 0 aliphatic rings. The topological polar surface area (TPSA) is 52.6 Å². The van der Waals surface area contributed by atoms with Crippen molar-refractivity contribution < 1.29 is 19.1 Å². The number of aldehydes is 2. The molecule has 0 aliphatic heterocycles. The molecule has 0 heterocycles. The fourth-order valence-corrected chi connectivity index (χ4v) is 2.62. The van der Waals surface area contributed by atoms with E-state index in [-0.39, 0.29) is 6.10 Å². The second kappa shape index (κ2) is 11.1. The molecule has 1 atom stereocenters. The van der Waals surface area contributed by atoms with Gasteiger partial charge >= 0.3 is 0 Å². The molecule has 0 aliphatic carbocycles. The van der Waals surface area contributed by atoms with Gasteiger partial charge in [-0.25, -0.2) is 0 Å². The van der Waals surface area contributed by atoms with Gasteiger partial charge in [0.15, 0.2) is 0 Å². The predicted octanol–water partition coefficient (Wildman–Crippen LogP) is 5.11. The van der Waals surface area contributed by atoms with E-state index in [2.05, 4.69) is 6.92 Å². The third-order valence-electron chi connectivity index (χ3n) is 4.15. The maximum Gasteiger partial charge on any atom is 0.150 e. The van der Waals surface area contributed by atoms with Crippen molar-refractivity contribution in [1.82, 2.24) is 0 Å². The molecule has 0 amide bonds. The lowest BCUT2D eigenvalue weighted by atomic mass is 10.1. The molecule has 0 N–H and O–H groups in total. The Bertz CT molecular complexity index is 662. The summed E-state index contributed by atoms with van der Waals surface area (Å²) in [6.45, 7) is 2.62. The van der Waals surface area contributed by atoms with Gasteiger partial charge in [-0.2, -0.15) is 0 Å². The Morgan fingerprint density at radius 1 is 0.808 bits per heavy atom. The van der Waals surface area contributed by atoms with Crippen molar-refractivity contribution in [2.75, 3.05) is 6.61 Å². The molecule has 2 rings (SSSR count). The molecule has 2 aromatic carbocycles. The number of benzene rings is 2. The molecule has 1 unspecified atom stereocenters. The third-order valence-corrected chi connectivity index (χ3v) is 4.15. The predicted molar refractivity (Wildman–Crippen MR) is 102 cm³/mol. The van der Waals surface area contributed by atoms with Crippen LogP contribution in [0.4, 0.5) is 0 Å². The van der Waals surface area contributed by atoms with Gasteiger partial charge in [0.05, 0.1) is 0 Å². The summed E-state index contributed by atoms with van der Waals surface area (Å²) in [5, 5.41) is 0. The highest BCUT2D eigenvalue weighted by atomic mass is 16.5. The second-order valence-electron chi connectivity index (χ2n) is 6.27. The summed E-state index contributed by atoms with van der Waals surface area (Å²) in [5.74, 6) is 1.45. The number of unbranched alkanes of at least 4 members (excludes halogenated alkanes) is 3. The molecule has 0 saturated carbocycles. The summed E-state index contributed by atoms with van der Waals surface area (Å²) < 4.78 is 11.9. The number of carbonyl (C=O) groups excluding carboxylic acids is 2. The van der Waals surface area contributed by atoms with E-state index in [1.54, 1.807) is 36.4 Å². The van der Waals surface area contributed by atoms with Crippen molar-refractivity contribution in [3.8, 4) is 11.5 Å². The standard InChI is InChI=1S/C22H26O4/c1-2-3-4-5-6-22(26-21-13-9-19(16-24)10-14-21)17-25-20-11-7-18(15-23)8-12-20/h7-16,22H,2-6,17H2,1H3. The van der Waals surface area contributed by atoms with Crippen LogP contribution in [0.15, 0.2) is 48.5 Å². The van der Waals surface area contributed by atoms with Crippen LogP contribution < -0.4 is 9.47 Å². The lowest BCUT2D eigenvalue weighted by Crippen LogP contribution is -2.25. The van der Waals surface area contributed by atoms with Gasteiger partial charge in [0.25, 0.3) is 0 Å². The van der Waals surface area contributed by atoms with E-state index in [4.69, 9.17) is 9.47 Å². The van der Waals surface area contributed by atoms with Crippen LogP contribution in [0, 0.1) is 0 Å². The summed E-state index contributed by atoms with van der Waals surface area (Å²) in [4.78, 5) is 21.5. The van der Waals surface area contributed by atoms with E-state index in [0.717, 1.165) is 31.2 Å². The van der Waals surface area contributed by atoms with E-state index in [9.17, 15) is 9.59 Å². The highest BCUT2D eigenvalue weighted by Gasteiger charge is 2.12. The summed E-state index contributed by atoms with van der Waals surface area (Å²) in [6.07, 6.45) is 7.13. The molecule has 0 aromatic heterocycles. The fraction of sp³-hybridized carbons (Fsp3) is 0.364. The second-order valence-corrected chi connectivity index (χ2v) is 6.27. The molecule has 0 spiro atoms. The fourth-order valence-electron chi connectivity index (χ4n) is 2.62. The smallest absolute Gasteiger partial charge is 0.150 e. The molecule has 0 radical (unpaired) electrons. The summed E-state index contributed by atoms with van der Waals surface area (Å²) in [7, 11) is 0. The van der Waals surface area contributed by atoms with E-state index in [0.29, 0.717) is 23.5 Å². The van der Waals surface area contributed by atoms with Gasteiger partial charge in [-0.15, -0.1) is 0 Å². The van der Waals surface area contributed by atoms with E-state index in [1.165, 1.54) is 19.3 Å². The lowest BCUT2D eigenvalue weighted by Gasteiger charge is -2.20. The lowest BCUT2D eigenvalue weighted by molar-refractivity contribution is 0.111. The van der Waals surface area contributed by atoms with Crippen LogP contribution in [-0.4, -0.2) is 25.3 Å². The Morgan fingerprint density at radius 2 is 1.38 bits per heavy atom. The SMILES string of the molecule is CCCCCCC(COc1ccc(C=O)cc1)Oc1ccc(C=O)cc1. The van der Waals surface area contributed by atoms with Gasteiger partial charge in [-0.3, -0.25) is 9.59 Å². The summed E-state index contributed by atoms with van der Waals surface area (Å²) >= 11 is 0. The average molecular weight is 354 g/mol. The van der Waals surface area contributed by atoms with Gasteiger partial charge in [0.1, 0.15) is 36.8 Å². The minimum atomic E-state index is -0.0697.